The van der Waals surface area contributed by atoms with E-state index in [-0.39, 0.29) is 52.0 Å². The van der Waals surface area contributed by atoms with Crippen LogP contribution in [-0.2, 0) is 16.2 Å². The van der Waals surface area contributed by atoms with E-state index in [1.165, 1.54) is 11.0 Å². The average Bonchev–Trinajstić information content (AvgIpc) is 3.76. The average molecular weight is 626 g/mol. The van der Waals surface area contributed by atoms with Gasteiger partial charge in [-0.15, -0.1) is 11.8 Å². The number of carbonyl (C=O) groups excluding carboxylic acids is 2. The lowest BCUT2D eigenvalue weighted by Crippen LogP contribution is -2.42. The van der Waals surface area contributed by atoms with E-state index in [0.29, 0.717) is 17.0 Å². The summed E-state index contributed by atoms with van der Waals surface area (Å²) in [6.45, 7) is 2.28. The first-order valence-corrected chi connectivity index (χ1v) is 16.3. The summed E-state index contributed by atoms with van der Waals surface area (Å²) < 4.78 is 6.40. The minimum absolute atomic E-state index is 0.0417. The van der Waals surface area contributed by atoms with Crippen LogP contribution in [0.2, 0.25) is 0 Å². The van der Waals surface area contributed by atoms with Crippen molar-refractivity contribution in [2.75, 3.05) is 4.90 Å². The van der Waals surface area contributed by atoms with Crippen molar-refractivity contribution in [3.8, 4) is 5.75 Å². The van der Waals surface area contributed by atoms with Crippen molar-refractivity contribution in [2.45, 2.75) is 36.1 Å². The predicted octanol–water partition coefficient (Wildman–Crippen LogP) is 5.91. The molecule has 0 spiro atoms. The second-order valence-electron chi connectivity index (χ2n) is 12.0. The van der Waals surface area contributed by atoms with Crippen LogP contribution >= 0.6 is 23.1 Å². The summed E-state index contributed by atoms with van der Waals surface area (Å²) in [5.41, 5.74) is 3.23. The number of carbonyl (C=O) groups is 2. The lowest BCUT2D eigenvalue weighted by molar-refractivity contribution is -0.385. The number of fused-ring (bicyclic) bond motifs is 9. The molecule has 2 aliphatic heterocycles. The molecule has 222 valence electrons. The Morgan fingerprint density at radius 1 is 0.977 bits per heavy atom. The Hall–Kier alpha value is -4.22. The van der Waals surface area contributed by atoms with E-state index in [1.807, 2.05) is 49.4 Å². The number of benzene rings is 3. The zero-order valence-electron chi connectivity index (χ0n) is 23.5. The molecule has 1 aromatic heterocycles. The summed E-state index contributed by atoms with van der Waals surface area (Å²) in [5, 5.41) is 12.7. The van der Waals surface area contributed by atoms with Crippen molar-refractivity contribution in [2.24, 2.45) is 29.6 Å². The standard InChI is InChI=1S/C33H27N3O6S2/c1-16-7-5-6-8-17(16)15-42-23-12-11-19(36(40)41)13-20(23)24-25-21-14-22(28(25)43-30-29(24)44-33(39)34-30)27-26(21)31(37)35(32(27)38)18-9-3-2-4-10-18/h2-13,21-22,24-28H,14-15H2,1H3,(H,34,39)/t21?,22?,24-,25?,26?,27?,28?/m1/s1. The molecule has 4 aliphatic rings. The van der Waals surface area contributed by atoms with E-state index in [2.05, 4.69) is 4.98 Å². The fourth-order valence-electron chi connectivity index (χ4n) is 8.15. The highest BCUT2D eigenvalue weighted by molar-refractivity contribution is 8.00. The molecule has 7 atom stereocenters. The number of rotatable bonds is 6. The van der Waals surface area contributed by atoms with Crippen molar-refractivity contribution in [1.29, 1.82) is 0 Å². The molecule has 44 heavy (non-hydrogen) atoms. The number of aryl methyl sites for hydroxylation is 1. The van der Waals surface area contributed by atoms with Crippen LogP contribution in [0.5, 0.6) is 5.75 Å². The molecule has 6 unspecified atom stereocenters. The van der Waals surface area contributed by atoms with Gasteiger partial charge in [0, 0.05) is 33.7 Å². The lowest BCUT2D eigenvalue weighted by atomic mass is 9.68. The third-order valence-corrected chi connectivity index (χ3v) is 12.5. The number of non-ortho nitro benzene ring substituents is 1. The van der Waals surface area contributed by atoms with E-state index in [4.69, 9.17) is 4.74 Å². The lowest BCUT2D eigenvalue weighted by Gasteiger charge is -2.43. The van der Waals surface area contributed by atoms with Gasteiger partial charge in [0.15, 0.2) is 0 Å². The number of para-hydroxylation sites is 1. The summed E-state index contributed by atoms with van der Waals surface area (Å²) in [6, 6.07) is 21.6. The Morgan fingerprint density at radius 3 is 2.45 bits per heavy atom. The fraction of sp³-hybridized carbons (Fsp3) is 0.303. The number of thioether (sulfide) groups is 1. The highest BCUT2D eigenvalue weighted by Gasteiger charge is 2.70. The number of hydrogen-bond acceptors (Lipinski definition) is 8. The Balaban J connectivity index is 1.23. The van der Waals surface area contributed by atoms with Gasteiger partial charge < -0.3 is 9.72 Å². The van der Waals surface area contributed by atoms with Crippen LogP contribution in [0.15, 0.2) is 82.6 Å². The first kappa shape index (κ1) is 27.3. The molecule has 3 aromatic carbocycles. The predicted molar refractivity (Wildman–Crippen MR) is 166 cm³/mol. The van der Waals surface area contributed by atoms with Crippen LogP contribution in [0, 0.1) is 46.6 Å². The molecule has 2 aliphatic carbocycles. The molecule has 4 aromatic rings. The van der Waals surface area contributed by atoms with Crippen LogP contribution in [-0.4, -0.2) is 27.0 Å². The number of hydrogen-bond donors (Lipinski definition) is 1. The van der Waals surface area contributed by atoms with E-state index in [9.17, 15) is 24.5 Å². The number of aromatic amines is 1. The van der Waals surface area contributed by atoms with Gasteiger partial charge in [0.1, 0.15) is 12.4 Å². The van der Waals surface area contributed by atoms with Gasteiger partial charge in [-0.05, 0) is 60.4 Å². The van der Waals surface area contributed by atoms with Gasteiger partial charge in [0.2, 0.25) is 11.8 Å². The second kappa shape index (κ2) is 10.2. The van der Waals surface area contributed by atoms with Gasteiger partial charge in [-0.3, -0.25) is 29.4 Å². The van der Waals surface area contributed by atoms with Crippen molar-refractivity contribution >= 4 is 46.3 Å². The maximum atomic E-state index is 14.0. The molecule has 0 radical (unpaired) electrons. The number of nitrogens with zero attached hydrogens (tertiary/aromatic N) is 2. The van der Waals surface area contributed by atoms with Gasteiger partial charge in [0.05, 0.1) is 27.5 Å². The molecule has 3 heterocycles. The van der Waals surface area contributed by atoms with Crippen molar-refractivity contribution in [1.82, 2.24) is 4.98 Å². The summed E-state index contributed by atoms with van der Waals surface area (Å²) in [6.07, 6.45) is 0.724. The van der Waals surface area contributed by atoms with E-state index in [0.717, 1.165) is 38.8 Å². The number of amides is 2. The van der Waals surface area contributed by atoms with Crippen LogP contribution < -0.4 is 14.5 Å². The molecule has 8 rings (SSSR count). The number of thiazole rings is 1. The van der Waals surface area contributed by atoms with Gasteiger partial charge in [-0.25, -0.2) is 0 Å². The smallest absolute Gasteiger partial charge is 0.305 e. The Kier molecular flexibility index (Phi) is 6.32. The van der Waals surface area contributed by atoms with Crippen LogP contribution in [0.4, 0.5) is 11.4 Å². The second-order valence-corrected chi connectivity index (χ2v) is 14.2. The third-order valence-electron chi connectivity index (χ3n) is 9.92. The highest BCUT2D eigenvalue weighted by atomic mass is 32.2. The third kappa shape index (κ3) is 4.02. The monoisotopic (exact) mass is 625 g/mol. The quantitative estimate of drug-likeness (QED) is 0.161. The van der Waals surface area contributed by atoms with Crippen molar-refractivity contribution in [3.63, 3.8) is 0 Å². The molecule has 9 nitrogen and oxygen atoms in total. The van der Waals surface area contributed by atoms with E-state index >= 15 is 0 Å². The summed E-state index contributed by atoms with van der Waals surface area (Å²) in [7, 11) is 0. The number of imide groups is 1. The van der Waals surface area contributed by atoms with Gasteiger partial charge in [-0.2, -0.15) is 0 Å². The minimum Gasteiger partial charge on any atom is -0.489 e. The van der Waals surface area contributed by atoms with Crippen LogP contribution in [0.1, 0.15) is 33.9 Å². The number of nitro groups is 1. The molecule has 3 fully saturated rings. The zero-order chi connectivity index (χ0) is 30.3. The van der Waals surface area contributed by atoms with Crippen molar-refractivity contribution in [3.05, 3.63) is 114 Å². The number of nitrogens with one attached hydrogen (secondary N) is 1. The molecule has 1 N–H and O–H groups in total. The molecule has 2 saturated carbocycles. The highest BCUT2D eigenvalue weighted by Crippen LogP contribution is 2.69. The van der Waals surface area contributed by atoms with Gasteiger partial charge in [0.25, 0.3) is 5.69 Å². The SMILES string of the molecule is Cc1ccccc1COc1ccc([N+](=O)[O-])cc1[C@H]1c2sc(=O)[nH]c2SC2C3CC(C4C(=O)N(c5ccccc5)C(=O)C34)C21. The number of anilines is 1. The zero-order valence-corrected chi connectivity index (χ0v) is 25.2. The van der Waals surface area contributed by atoms with Crippen LogP contribution in [0.3, 0.4) is 0 Å². The number of nitro benzene ring substituents is 1. The van der Waals surface area contributed by atoms with E-state index < -0.39 is 22.7 Å². The largest absolute Gasteiger partial charge is 0.489 e. The normalized spacial score (nSPS) is 28.1. The molecular formula is C33H27N3O6S2. The van der Waals surface area contributed by atoms with E-state index in [1.54, 1.807) is 36.0 Å². The van der Waals surface area contributed by atoms with Crippen LogP contribution in [0.25, 0.3) is 0 Å². The van der Waals surface area contributed by atoms with Crippen molar-refractivity contribution < 1.29 is 19.2 Å². The first-order chi connectivity index (χ1) is 21.3. The molecular weight excluding hydrogens is 599 g/mol. The van der Waals surface area contributed by atoms with Gasteiger partial charge in [-0.1, -0.05) is 53.8 Å². The number of ether oxygens (including phenoxy) is 1. The minimum atomic E-state index is -0.468. The fourth-order valence-corrected chi connectivity index (χ4v) is 11.0. The summed E-state index contributed by atoms with van der Waals surface area (Å²) in [4.78, 5) is 57.1. The summed E-state index contributed by atoms with van der Waals surface area (Å²) in [5.74, 6) is -1.40. The number of aromatic nitrogens is 1. The summed E-state index contributed by atoms with van der Waals surface area (Å²) >= 11 is 2.70. The molecule has 2 bridgehead atoms. The Morgan fingerprint density at radius 2 is 1.70 bits per heavy atom. The maximum Gasteiger partial charge on any atom is 0.305 e. The maximum absolute atomic E-state index is 14.0. The first-order valence-electron chi connectivity index (χ1n) is 14.6. The Bertz CT molecular complexity index is 1900. The molecule has 1 saturated heterocycles. The Labute approximate surface area is 260 Å². The number of H-pyrrole nitrogens is 1. The molecule has 2 amide bonds. The topological polar surface area (TPSA) is 123 Å². The molecule has 11 heteroatoms. The van der Waals surface area contributed by atoms with Gasteiger partial charge >= 0.3 is 4.87 Å².